The number of hydrogen-bond acceptors (Lipinski definition) is 1. The second-order valence-corrected chi connectivity index (χ2v) is 4.73. The third kappa shape index (κ3) is 4.30. The van der Waals surface area contributed by atoms with Gasteiger partial charge in [-0.2, -0.15) is 0 Å². The average Bonchev–Trinajstić information content (AvgIpc) is 2.21. The van der Waals surface area contributed by atoms with Gasteiger partial charge in [0.15, 0.2) is 0 Å². The van der Waals surface area contributed by atoms with Crippen LogP contribution in [0.1, 0.15) is 19.4 Å². The Kier molecular flexibility index (Phi) is 4.91. The molecular formula is C13H15Cl2N. The normalized spacial score (nSPS) is 11.4. The molecule has 0 saturated carbocycles. The third-order valence-electron chi connectivity index (χ3n) is 2.02. The zero-order chi connectivity index (χ0) is 12.1. The lowest BCUT2D eigenvalue weighted by Gasteiger charge is -2.03. The average molecular weight is 256 g/mol. The SMILES string of the molecule is CC(C)=C/C=C(\N)Cc1ccc(Cl)c(Cl)c1. The van der Waals surface area contributed by atoms with Crippen LogP contribution in [-0.2, 0) is 6.42 Å². The Hall–Kier alpha value is -0.920. The van der Waals surface area contributed by atoms with E-state index in [1.807, 2.05) is 38.1 Å². The first-order valence-corrected chi connectivity index (χ1v) is 5.78. The summed E-state index contributed by atoms with van der Waals surface area (Å²) in [7, 11) is 0. The summed E-state index contributed by atoms with van der Waals surface area (Å²) in [6.07, 6.45) is 4.59. The molecule has 0 fully saturated rings. The molecule has 0 atom stereocenters. The Labute approximate surface area is 107 Å². The zero-order valence-electron chi connectivity index (χ0n) is 9.43. The van der Waals surface area contributed by atoms with Crippen molar-refractivity contribution in [3.05, 3.63) is 57.2 Å². The first-order chi connectivity index (χ1) is 7.49. The molecule has 0 amide bonds. The van der Waals surface area contributed by atoms with Crippen molar-refractivity contribution in [2.24, 2.45) is 5.73 Å². The molecule has 0 bridgehead atoms. The van der Waals surface area contributed by atoms with Crippen molar-refractivity contribution in [2.45, 2.75) is 20.3 Å². The minimum Gasteiger partial charge on any atom is -0.402 e. The van der Waals surface area contributed by atoms with Gasteiger partial charge in [0.05, 0.1) is 10.0 Å². The van der Waals surface area contributed by atoms with Crippen LogP contribution < -0.4 is 5.73 Å². The van der Waals surface area contributed by atoms with Crippen LogP contribution in [0.25, 0.3) is 0 Å². The van der Waals surface area contributed by atoms with Gasteiger partial charge in [0.2, 0.25) is 0 Å². The summed E-state index contributed by atoms with van der Waals surface area (Å²) >= 11 is 11.8. The molecule has 86 valence electrons. The highest BCUT2D eigenvalue weighted by Gasteiger charge is 2.00. The predicted molar refractivity (Wildman–Crippen MR) is 71.9 cm³/mol. The Bertz CT molecular complexity index is 430. The maximum Gasteiger partial charge on any atom is 0.0595 e. The molecule has 0 saturated heterocycles. The molecule has 1 aromatic rings. The van der Waals surface area contributed by atoms with E-state index in [2.05, 4.69) is 0 Å². The fourth-order valence-electron chi connectivity index (χ4n) is 1.22. The molecule has 0 spiro atoms. The van der Waals surface area contributed by atoms with Crippen molar-refractivity contribution < 1.29 is 0 Å². The van der Waals surface area contributed by atoms with Gasteiger partial charge in [0, 0.05) is 12.1 Å². The van der Waals surface area contributed by atoms with E-state index in [1.165, 1.54) is 5.57 Å². The Morgan fingerprint density at radius 1 is 1.19 bits per heavy atom. The molecule has 0 aliphatic rings. The molecule has 1 nitrogen and oxygen atoms in total. The number of benzene rings is 1. The molecule has 16 heavy (non-hydrogen) atoms. The van der Waals surface area contributed by atoms with E-state index in [9.17, 15) is 0 Å². The van der Waals surface area contributed by atoms with E-state index in [4.69, 9.17) is 28.9 Å². The van der Waals surface area contributed by atoms with Crippen LogP contribution in [0.2, 0.25) is 10.0 Å². The van der Waals surface area contributed by atoms with E-state index in [0.29, 0.717) is 16.5 Å². The second-order valence-electron chi connectivity index (χ2n) is 3.91. The Morgan fingerprint density at radius 2 is 1.88 bits per heavy atom. The highest BCUT2D eigenvalue weighted by Crippen LogP contribution is 2.23. The van der Waals surface area contributed by atoms with Crippen LogP contribution in [0.15, 0.2) is 41.6 Å². The largest absolute Gasteiger partial charge is 0.402 e. The first-order valence-electron chi connectivity index (χ1n) is 5.02. The Balaban J connectivity index is 2.77. The monoisotopic (exact) mass is 255 g/mol. The van der Waals surface area contributed by atoms with Gasteiger partial charge in [-0.05, 0) is 37.6 Å². The van der Waals surface area contributed by atoms with Gasteiger partial charge >= 0.3 is 0 Å². The smallest absolute Gasteiger partial charge is 0.0595 e. The summed E-state index contributed by atoms with van der Waals surface area (Å²) in [5.41, 5.74) is 8.97. The summed E-state index contributed by atoms with van der Waals surface area (Å²) in [4.78, 5) is 0. The standard InChI is InChI=1S/C13H15Cl2N/c1-9(2)3-5-11(16)7-10-4-6-12(14)13(15)8-10/h3-6,8H,7,16H2,1-2H3/b11-5-. The summed E-state index contributed by atoms with van der Waals surface area (Å²) in [6.45, 7) is 4.06. The van der Waals surface area contributed by atoms with Gasteiger partial charge in [-0.1, -0.05) is 40.9 Å². The van der Waals surface area contributed by atoms with Crippen molar-refractivity contribution in [1.82, 2.24) is 0 Å². The Morgan fingerprint density at radius 3 is 2.44 bits per heavy atom. The van der Waals surface area contributed by atoms with Gasteiger partial charge in [-0.3, -0.25) is 0 Å². The van der Waals surface area contributed by atoms with Crippen molar-refractivity contribution in [3.8, 4) is 0 Å². The van der Waals surface area contributed by atoms with Crippen LogP contribution >= 0.6 is 23.2 Å². The van der Waals surface area contributed by atoms with E-state index in [1.54, 1.807) is 6.07 Å². The van der Waals surface area contributed by atoms with Crippen LogP contribution in [0.5, 0.6) is 0 Å². The topological polar surface area (TPSA) is 26.0 Å². The summed E-state index contributed by atoms with van der Waals surface area (Å²) in [5.74, 6) is 0. The number of allylic oxidation sites excluding steroid dienone is 4. The highest BCUT2D eigenvalue weighted by atomic mass is 35.5. The maximum absolute atomic E-state index is 5.92. The zero-order valence-corrected chi connectivity index (χ0v) is 10.9. The van der Waals surface area contributed by atoms with Gasteiger partial charge in [0.1, 0.15) is 0 Å². The lowest BCUT2D eigenvalue weighted by molar-refractivity contribution is 1.11. The van der Waals surface area contributed by atoms with Crippen LogP contribution in [0, 0.1) is 0 Å². The minimum atomic E-state index is 0.564. The minimum absolute atomic E-state index is 0.564. The van der Waals surface area contributed by atoms with Crippen LogP contribution in [0.4, 0.5) is 0 Å². The van der Waals surface area contributed by atoms with Crippen molar-refractivity contribution in [3.63, 3.8) is 0 Å². The van der Waals surface area contributed by atoms with Gasteiger partial charge in [0.25, 0.3) is 0 Å². The summed E-state index contributed by atoms with van der Waals surface area (Å²) in [5, 5.41) is 1.13. The molecule has 0 aliphatic carbocycles. The quantitative estimate of drug-likeness (QED) is 0.799. The molecule has 2 N–H and O–H groups in total. The highest BCUT2D eigenvalue weighted by molar-refractivity contribution is 6.42. The second kappa shape index (κ2) is 5.97. The van der Waals surface area contributed by atoms with Crippen molar-refractivity contribution >= 4 is 23.2 Å². The molecule has 0 heterocycles. The third-order valence-corrected chi connectivity index (χ3v) is 2.76. The van der Waals surface area contributed by atoms with E-state index >= 15 is 0 Å². The molecule has 0 aliphatic heterocycles. The predicted octanol–water partition coefficient (Wildman–Crippen LogP) is 4.34. The lowest BCUT2D eigenvalue weighted by atomic mass is 10.1. The molecular weight excluding hydrogens is 241 g/mol. The van der Waals surface area contributed by atoms with Gasteiger partial charge < -0.3 is 5.73 Å². The number of halogens is 2. The van der Waals surface area contributed by atoms with E-state index in [0.717, 1.165) is 11.3 Å². The molecule has 1 aromatic carbocycles. The fraction of sp³-hybridized carbons (Fsp3) is 0.231. The molecule has 0 unspecified atom stereocenters. The van der Waals surface area contributed by atoms with E-state index < -0.39 is 0 Å². The van der Waals surface area contributed by atoms with Crippen molar-refractivity contribution in [2.75, 3.05) is 0 Å². The number of hydrogen-bond donors (Lipinski definition) is 1. The summed E-state index contributed by atoms with van der Waals surface area (Å²) < 4.78 is 0. The molecule has 1 rings (SSSR count). The first kappa shape index (κ1) is 13.1. The van der Waals surface area contributed by atoms with Gasteiger partial charge in [-0.25, -0.2) is 0 Å². The van der Waals surface area contributed by atoms with Gasteiger partial charge in [-0.15, -0.1) is 0 Å². The lowest BCUT2D eigenvalue weighted by Crippen LogP contribution is -2.00. The van der Waals surface area contributed by atoms with E-state index in [-0.39, 0.29) is 0 Å². The molecule has 0 aromatic heterocycles. The number of nitrogens with two attached hydrogens (primary N) is 1. The molecule has 0 radical (unpaired) electrons. The van der Waals surface area contributed by atoms with Crippen LogP contribution in [-0.4, -0.2) is 0 Å². The molecule has 3 heteroatoms. The maximum atomic E-state index is 5.92. The van der Waals surface area contributed by atoms with Crippen molar-refractivity contribution in [1.29, 1.82) is 0 Å². The number of rotatable bonds is 3. The van der Waals surface area contributed by atoms with Crippen LogP contribution in [0.3, 0.4) is 0 Å². The summed E-state index contributed by atoms with van der Waals surface area (Å²) in [6, 6.07) is 5.55. The fourth-order valence-corrected chi connectivity index (χ4v) is 1.54.